The molecule has 1 aromatic heterocycles. The smallest absolute Gasteiger partial charge is 0.0669 e. The Morgan fingerprint density at radius 2 is 2.00 bits per heavy atom. The van der Waals surface area contributed by atoms with Crippen LogP contribution in [0.5, 0.6) is 0 Å². The lowest BCUT2D eigenvalue weighted by molar-refractivity contribution is 0.117. The number of thiophene rings is 1. The summed E-state index contributed by atoms with van der Waals surface area (Å²) < 4.78 is 0. The Bertz CT molecular complexity index is 354. The van der Waals surface area contributed by atoms with Crippen molar-refractivity contribution in [3.05, 3.63) is 21.9 Å². The summed E-state index contributed by atoms with van der Waals surface area (Å²) in [5.41, 5.74) is 0.183. The van der Waals surface area contributed by atoms with Crippen LogP contribution in [0.1, 0.15) is 56.8 Å². The summed E-state index contributed by atoms with van der Waals surface area (Å²) in [6.45, 7) is 11.5. The summed E-state index contributed by atoms with van der Waals surface area (Å²) in [6, 6.07) is 4.71. The molecule has 3 heteroatoms. The van der Waals surface area contributed by atoms with Gasteiger partial charge < -0.3 is 10.4 Å². The van der Waals surface area contributed by atoms with Crippen LogP contribution in [-0.4, -0.2) is 17.8 Å². The van der Waals surface area contributed by atoms with Gasteiger partial charge in [0.25, 0.3) is 0 Å². The van der Waals surface area contributed by atoms with Gasteiger partial charge in [-0.05, 0) is 37.3 Å². The van der Waals surface area contributed by atoms with Crippen LogP contribution in [0.4, 0.5) is 0 Å². The maximum atomic E-state index is 9.97. The molecule has 0 aliphatic heterocycles. The highest BCUT2D eigenvalue weighted by Gasteiger charge is 2.17. The molecule has 0 bridgehead atoms. The highest BCUT2D eigenvalue weighted by Crippen LogP contribution is 2.24. The van der Waals surface area contributed by atoms with E-state index in [0.717, 1.165) is 12.8 Å². The molecular formula is C15H27NOS. The van der Waals surface area contributed by atoms with Gasteiger partial charge in [0, 0.05) is 22.3 Å². The first-order chi connectivity index (χ1) is 8.31. The Kier molecular flexibility index (Phi) is 5.83. The number of aliphatic hydroxyl groups excluding tert-OH is 1. The van der Waals surface area contributed by atoms with E-state index in [1.165, 1.54) is 9.75 Å². The number of aryl methyl sites for hydroxylation is 1. The van der Waals surface area contributed by atoms with Gasteiger partial charge in [0.05, 0.1) is 6.10 Å². The predicted molar refractivity (Wildman–Crippen MR) is 80.2 cm³/mol. The van der Waals surface area contributed by atoms with Crippen LogP contribution >= 0.6 is 11.3 Å². The molecule has 0 aliphatic carbocycles. The van der Waals surface area contributed by atoms with Gasteiger partial charge in [-0.25, -0.2) is 0 Å². The quantitative estimate of drug-likeness (QED) is 0.824. The van der Waals surface area contributed by atoms with E-state index < -0.39 is 0 Å². The highest BCUT2D eigenvalue weighted by molar-refractivity contribution is 7.12. The predicted octanol–water partition coefficient (Wildman–Crippen LogP) is 3.76. The van der Waals surface area contributed by atoms with Gasteiger partial charge in [-0.1, -0.05) is 27.7 Å². The number of aliphatic hydroxyl groups is 1. The highest BCUT2D eigenvalue weighted by atomic mass is 32.1. The van der Waals surface area contributed by atoms with Gasteiger partial charge >= 0.3 is 0 Å². The summed E-state index contributed by atoms with van der Waals surface area (Å²) in [5, 5.41) is 13.4. The minimum atomic E-state index is -0.266. The van der Waals surface area contributed by atoms with E-state index in [0.29, 0.717) is 12.6 Å². The average Bonchev–Trinajstić information content (AvgIpc) is 2.72. The van der Waals surface area contributed by atoms with Crippen molar-refractivity contribution in [2.24, 2.45) is 5.41 Å². The van der Waals surface area contributed by atoms with Gasteiger partial charge in [0.1, 0.15) is 0 Å². The number of hydrogen-bond donors (Lipinski definition) is 2. The summed E-state index contributed by atoms with van der Waals surface area (Å²) in [4.78, 5) is 2.78. The molecule has 0 aliphatic rings. The Labute approximate surface area is 115 Å². The molecule has 0 saturated heterocycles. The van der Waals surface area contributed by atoms with E-state index in [9.17, 15) is 5.11 Å². The van der Waals surface area contributed by atoms with E-state index in [4.69, 9.17) is 0 Å². The molecule has 1 heterocycles. The van der Waals surface area contributed by atoms with Crippen LogP contribution < -0.4 is 5.32 Å². The van der Waals surface area contributed by atoms with Gasteiger partial charge in [-0.3, -0.25) is 0 Å². The van der Waals surface area contributed by atoms with E-state index in [2.05, 4.69) is 52.1 Å². The first-order valence-corrected chi connectivity index (χ1v) is 7.63. The fraction of sp³-hybridized carbons (Fsp3) is 0.733. The van der Waals surface area contributed by atoms with Crippen molar-refractivity contribution in [1.29, 1.82) is 0 Å². The van der Waals surface area contributed by atoms with E-state index in [-0.39, 0.29) is 11.5 Å². The minimum Gasteiger partial charge on any atom is -0.392 e. The van der Waals surface area contributed by atoms with Crippen molar-refractivity contribution in [2.75, 3.05) is 6.54 Å². The van der Waals surface area contributed by atoms with E-state index in [1.54, 1.807) is 0 Å². The molecule has 0 saturated carbocycles. The first kappa shape index (κ1) is 15.7. The van der Waals surface area contributed by atoms with Crippen LogP contribution in [0.2, 0.25) is 0 Å². The van der Waals surface area contributed by atoms with Crippen molar-refractivity contribution < 1.29 is 5.11 Å². The molecular weight excluding hydrogens is 242 g/mol. The summed E-state index contributed by atoms with van der Waals surface area (Å²) in [6.07, 6.45) is 1.67. The molecule has 2 atom stereocenters. The van der Waals surface area contributed by atoms with Crippen molar-refractivity contribution >= 4 is 11.3 Å². The van der Waals surface area contributed by atoms with Crippen LogP contribution in [0.3, 0.4) is 0 Å². The molecule has 0 radical (unpaired) electrons. The largest absolute Gasteiger partial charge is 0.392 e. The third-order valence-corrected chi connectivity index (χ3v) is 4.38. The molecule has 18 heavy (non-hydrogen) atoms. The van der Waals surface area contributed by atoms with Gasteiger partial charge in [0.2, 0.25) is 0 Å². The Balaban J connectivity index is 2.38. The number of hydrogen-bond acceptors (Lipinski definition) is 3. The number of rotatable bonds is 6. The van der Waals surface area contributed by atoms with Crippen LogP contribution in [0.25, 0.3) is 0 Å². The lowest BCUT2D eigenvalue weighted by atomic mass is 9.89. The van der Waals surface area contributed by atoms with Crippen molar-refractivity contribution in [3.8, 4) is 0 Å². The lowest BCUT2D eigenvalue weighted by Gasteiger charge is -2.23. The van der Waals surface area contributed by atoms with Crippen molar-refractivity contribution in [1.82, 2.24) is 5.32 Å². The summed E-state index contributed by atoms with van der Waals surface area (Å²) in [7, 11) is 0. The third-order valence-electron chi connectivity index (χ3n) is 2.97. The summed E-state index contributed by atoms with van der Waals surface area (Å²) >= 11 is 1.86. The van der Waals surface area contributed by atoms with Gasteiger partial charge in [0.15, 0.2) is 0 Å². The molecule has 2 N–H and O–H groups in total. The molecule has 1 rings (SSSR count). The monoisotopic (exact) mass is 269 g/mol. The molecule has 0 amide bonds. The van der Waals surface area contributed by atoms with Gasteiger partial charge in [-0.15, -0.1) is 11.3 Å². The maximum Gasteiger partial charge on any atom is 0.0669 e. The molecule has 0 fully saturated rings. The minimum absolute atomic E-state index is 0.183. The van der Waals surface area contributed by atoms with Crippen LogP contribution in [0, 0.1) is 5.41 Å². The van der Waals surface area contributed by atoms with Crippen LogP contribution in [0.15, 0.2) is 12.1 Å². The standard InChI is InChI=1S/C15H27NOS/c1-6-13-7-8-14(18-13)11(2)16-10-12(17)9-15(3,4)5/h7-8,11-12,16-17H,6,9-10H2,1-5H3. The van der Waals surface area contributed by atoms with Gasteiger partial charge in [-0.2, -0.15) is 0 Å². The van der Waals surface area contributed by atoms with Crippen molar-refractivity contribution in [2.45, 2.75) is 59.6 Å². The Hall–Kier alpha value is -0.380. The zero-order valence-electron chi connectivity index (χ0n) is 12.3. The average molecular weight is 269 g/mol. The maximum absolute atomic E-state index is 9.97. The van der Waals surface area contributed by atoms with E-state index in [1.807, 2.05) is 11.3 Å². The molecule has 104 valence electrons. The lowest BCUT2D eigenvalue weighted by Crippen LogP contribution is -2.31. The molecule has 2 nitrogen and oxygen atoms in total. The Morgan fingerprint density at radius 1 is 1.33 bits per heavy atom. The second kappa shape index (κ2) is 6.69. The zero-order chi connectivity index (χ0) is 13.8. The zero-order valence-corrected chi connectivity index (χ0v) is 13.1. The Morgan fingerprint density at radius 3 is 2.50 bits per heavy atom. The summed E-state index contributed by atoms with van der Waals surface area (Å²) in [5.74, 6) is 0. The molecule has 2 unspecified atom stereocenters. The van der Waals surface area contributed by atoms with E-state index >= 15 is 0 Å². The SMILES string of the molecule is CCc1ccc(C(C)NCC(O)CC(C)(C)C)s1. The normalized spacial score (nSPS) is 15.7. The fourth-order valence-corrected chi connectivity index (χ4v) is 2.99. The molecule has 0 spiro atoms. The topological polar surface area (TPSA) is 32.3 Å². The molecule has 1 aromatic rings. The number of nitrogens with one attached hydrogen (secondary N) is 1. The van der Waals surface area contributed by atoms with Crippen molar-refractivity contribution in [3.63, 3.8) is 0 Å². The fourth-order valence-electron chi connectivity index (χ4n) is 2.01. The van der Waals surface area contributed by atoms with Crippen LogP contribution in [-0.2, 0) is 6.42 Å². The second-order valence-corrected chi connectivity index (χ2v) is 7.41. The second-order valence-electron chi connectivity index (χ2n) is 6.21. The molecule has 0 aromatic carbocycles. The third kappa shape index (κ3) is 5.51. The first-order valence-electron chi connectivity index (χ1n) is 6.82.